The van der Waals surface area contributed by atoms with Crippen LogP contribution in [0.2, 0.25) is 0 Å². The van der Waals surface area contributed by atoms with Crippen molar-refractivity contribution in [2.24, 2.45) is 5.92 Å². The number of aromatic nitrogens is 1. The van der Waals surface area contributed by atoms with Crippen LogP contribution in [0.4, 0.5) is 5.82 Å². The van der Waals surface area contributed by atoms with Gasteiger partial charge in [0, 0.05) is 31.3 Å². The van der Waals surface area contributed by atoms with Gasteiger partial charge in [-0.05, 0) is 55.4 Å². The number of nitrogens with zero attached hydrogens (tertiary/aromatic N) is 1. The zero-order valence-electron chi connectivity index (χ0n) is 16.4. The largest absolute Gasteiger partial charge is 0.457 e. The molecule has 2 aromatic rings. The van der Waals surface area contributed by atoms with Crippen molar-refractivity contribution >= 4 is 11.7 Å². The lowest BCUT2D eigenvalue weighted by Gasteiger charge is -2.21. The Labute approximate surface area is 166 Å². The predicted molar refractivity (Wildman–Crippen MR) is 111 cm³/mol. The minimum absolute atomic E-state index is 0.158. The number of hydrogen-bond acceptors (Lipinski definition) is 4. The van der Waals surface area contributed by atoms with Crippen LogP contribution < -0.4 is 15.4 Å². The predicted octanol–water partition coefficient (Wildman–Crippen LogP) is 4.47. The first-order valence-electron chi connectivity index (χ1n) is 10.5. The van der Waals surface area contributed by atoms with E-state index in [1.807, 2.05) is 30.3 Å². The molecule has 0 radical (unpaired) electrons. The highest BCUT2D eigenvalue weighted by molar-refractivity contribution is 5.76. The quantitative estimate of drug-likeness (QED) is 0.745. The van der Waals surface area contributed by atoms with E-state index in [1.54, 1.807) is 6.20 Å². The highest BCUT2D eigenvalue weighted by Crippen LogP contribution is 2.32. The Kier molecular flexibility index (Phi) is 6.10. The van der Waals surface area contributed by atoms with Crippen molar-refractivity contribution in [1.29, 1.82) is 0 Å². The number of anilines is 1. The SMILES string of the molecule is O=C(CCc1ccc(Oc2ccnc3c2CCN3)cc1)NCC1CCCCC1. The second-order valence-corrected chi connectivity index (χ2v) is 7.87. The van der Waals surface area contributed by atoms with Gasteiger partial charge in [-0.15, -0.1) is 0 Å². The van der Waals surface area contributed by atoms with Crippen molar-refractivity contribution < 1.29 is 9.53 Å². The first kappa shape index (κ1) is 18.8. The third kappa shape index (κ3) is 4.83. The minimum atomic E-state index is 0.158. The Morgan fingerprint density at radius 2 is 1.96 bits per heavy atom. The molecule has 148 valence electrons. The number of pyridine rings is 1. The van der Waals surface area contributed by atoms with E-state index in [1.165, 1.54) is 32.1 Å². The monoisotopic (exact) mass is 379 g/mol. The smallest absolute Gasteiger partial charge is 0.220 e. The third-order valence-electron chi connectivity index (χ3n) is 5.78. The molecule has 0 atom stereocenters. The Balaban J connectivity index is 1.24. The summed E-state index contributed by atoms with van der Waals surface area (Å²) < 4.78 is 6.05. The first-order chi connectivity index (χ1) is 13.8. The summed E-state index contributed by atoms with van der Waals surface area (Å²) in [6.45, 7) is 1.75. The fraction of sp³-hybridized carbons (Fsp3) is 0.478. The Bertz CT molecular complexity index is 798. The number of fused-ring (bicyclic) bond motifs is 1. The van der Waals surface area contributed by atoms with Crippen LogP contribution >= 0.6 is 0 Å². The summed E-state index contributed by atoms with van der Waals surface area (Å²) in [5.74, 6) is 3.44. The van der Waals surface area contributed by atoms with Crippen molar-refractivity contribution in [3.05, 3.63) is 47.7 Å². The average molecular weight is 380 g/mol. The van der Waals surface area contributed by atoms with E-state index in [2.05, 4.69) is 15.6 Å². The number of carbonyl (C=O) groups is 1. The zero-order chi connectivity index (χ0) is 19.2. The molecule has 1 saturated carbocycles. The maximum absolute atomic E-state index is 12.1. The molecule has 0 unspecified atom stereocenters. The van der Waals surface area contributed by atoms with Gasteiger partial charge >= 0.3 is 0 Å². The topological polar surface area (TPSA) is 63.2 Å². The Morgan fingerprint density at radius 1 is 1.14 bits per heavy atom. The lowest BCUT2D eigenvalue weighted by molar-refractivity contribution is -0.121. The Hall–Kier alpha value is -2.56. The molecular formula is C23H29N3O2. The molecule has 2 aliphatic rings. The molecule has 1 amide bonds. The number of hydrogen-bond donors (Lipinski definition) is 2. The molecule has 0 bridgehead atoms. The van der Waals surface area contributed by atoms with E-state index in [9.17, 15) is 4.79 Å². The number of carbonyl (C=O) groups excluding carboxylic acids is 1. The second kappa shape index (κ2) is 9.09. The molecule has 1 fully saturated rings. The van der Waals surface area contributed by atoms with Crippen LogP contribution in [0.3, 0.4) is 0 Å². The molecule has 1 aromatic carbocycles. The highest BCUT2D eigenvalue weighted by Gasteiger charge is 2.17. The summed E-state index contributed by atoms with van der Waals surface area (Å²) in [5.41, 5.74) is 2.29. The molecule has 5 heteroatoms. The minimum Gasteiger partial charge on any atom is -0.457 e. The molecule has 0 spiro atoms. The number of rotatable bonds is 7. The van der Waals surface area contributed by atoms with E-state index in [-0.39, 0.29) is 5.91 Å². The standard InChI is InChI=1S/C23H29N3O2/c27-22(26-16-18-4-2-1-3-5-18)11-8-17-6-9-19(10-7-17)28-21-13-15-25-23-20(21)12-14-24-23/h6-7,9-10,13,15,18H,1-5,8,11-12,14,16H2,(H,24,25)(H,26,27). The van der Waals surface area contributed by atoms with Crippen LogP contribution in [0.25, 0.3) is 0 Å². The fourth-order valence-electron chi connectivity index (χ4n) is 4.12. The molecule has 2 heterocycles. The first-order valence-corrected chi connectivity index (χ1v) is 10.5. The summed E-state index contributed by atoms with van der Waals surface area (Å²) in [5, 5.41) is 6.38. The van der Waals surface area contributed by atoms with Gasteiger partial charge in [-0.2, -0.15) is 0 Å². The normalized spacial score (nSPS) is 16.3. The summed E-state index contributed by atoms with van der Waals surface area (Å²) in [6.07, 6.45) is 10.5. The van der Waals surface area contributed by atoms with Crippen LogP contribution in [-0.2, 0) is 17.6 Å². The second-order valence-electron chi connectivity index (χ2n) is 7.87. The van der Waals surface area contributed by atoms with Gasteiger partial charge < -0.3 is 15.4 Å². The maximum atomic E-state index is 12.1. The van der Waals surface area contributed by atoms with Gasteiger partial charge in [-0.25, -0.2) is 4.98 Å². The molecule has 1 aromatic heterocycles. The van der Waals surface area contributed by atoms with Crippen LogP contribution in [0.1, 0.15) is 49.7 Å². The lowest BCUT2D eigenvalue weighted by Crippen LogP contribution is -2.30. The van der Waals surface area contributed by atoms with Crippen LogP contribution in [0.5, 0.6) is 11.5 Å². The van der Waals surface area contributed by atoms with Crippen LogP contribution in [0.15, 0.2) is 36.5 Å². The zero-order valence-corrected chi connectivity index (χ0v) is 16.4. The molecule has 0 saturated heterocycles. The molecule has 1 aliphatic heterocycles. The highest BCUT2D eigenvalue weighted by atomic mass is 16.5. The van der Waals surface area contributed by atoms with E-state index < -0.39 is 0 Å². The van der Waals surface area contributed by atoms with Gasteiger partial charge in [-0.3, -0.25) is 4.79 Å². The van der Waals surface area contributed by atoms with E-state index in [4.69, 9.17) is 4.74 Å². The van der Waals surface area contributed by atoms with Crippen LogP contribution in [0, 0.1) is 5.92 Å². The summed E-state index contributed by atoms with van der Waals surface area (Å²) in [4.78, 5) is 16.5. The fourth-order valence-corrected chi connectivity index (χ4v) is 4.12. The average Bonchev–Trinajstić information content (AvgIpc) is 3.22. The third-order valence-corrected chi connectivity index (χ3v) is 5.78. The van der Waals surface area contributed by atoms with E-state index >= 15 is 0 Å². The molecular weight excluding hydrogens is 350 g/mol. The van der Waals surface area contributed by atoms with E-state index in [0.29, 0.717) is 12.3 Å². The number of ether oxygens (including phenoxy) is 1. The number of amides is 1. The van der Waals surface area contributed by atoms with Crippen molar-refractivity contribution in [3.8, 4) is 11.5 Å². The van der Waals surface area contributed by atoms with Crippen molar-refractivity contribution in [2.75, 3.05) is 18.4 Å². The lowest BCUT2D eigenvalue weighted by atomic mass is 9.89. The Morgan fingerprint density at radius 3 is 2.79 bits per heavy atom. The van der Waals surface area contributed by atoms with Crippen LogP contribution in [-0.4, -0.2) is 24.0 Å². The van der Waals surface area contributed by atoms with Crippen molar-refractivity contribution in [3.63, 3.8) is 0 Å². The maximum Gasteiger partial charge on any atom is 0.220 e. The van der Waals surface area contributed by atoms with Gasteiger partial charge in [0.1, 0.15) is 17.3 Å². The number of aryl methyl sites for hydroxylation is 1. The van der Waals surface area contributed by atoms with Gasteiger partial charge in [0.05, 0.1) is 0 Å². The summed E-state index contributed by atoms with van der Waals surface area (Å²) in [6, 6.07) is 9.96. The molecule has 1 aliphatic carbocycles. The summed E-state index contributed by atoms with van der Waals surface area (Å²) >= 11 is 0. The van der Waals surface area contributed by atoms with Gasteiger partial charge in [0.15, 0.2) is 0 Å². The molecule has 5 nitrogen and oxygen atoms in total. The molecule has 28 heavy (non-hydrogen) atoms. The van der Waals surface area contributed by atoms with Gasteiger partial charge in [-0.1, -0.05) is 31.4 Å². The van der Waals surface area contributed by atoms with Gasteiger partial charge in [0.2, 0.25) is 5.91 Å². The molecule has 2 N–H and O–H groups in total. The number of nitrogens with one attached hydrogen (secondary N) is 2. The van der Waals surface area contributed by atoms with Crippen molar-refractivity contribution in [1.82, 2.24) is 10.3 Å². The van der Waals surface area contributed by atoms with Gasteiger partial charge in [0.25, 0.3) is 0 Å². The van der Waals surface area contributed by atoms with E-state index in [0.717, 1.165) is 54.4 Å². The summed E-state index contributed by atoms with van der Waals surface area (Å²) in [7, 11) is 0. The van der Waals surface area contributed by atoms with Crippen molar-refractivity contribution in [2.45, 2.75) is 51.4 Å². The number of benzene rings is 1. The molecule has 4 rings (SSSR count).